The standard InChI is InChI=1S/C26H20Cl2N4O2S/c27-18-11-9-16(10-12-18)21-14-22(17-5-2-1-3-6-17)32(31-21)26-30-25(34)23(35-26)15-24(33)29-20-8-4-7-19(28)13-20/h1-13,22-23H,14-15H2,(H,29,33)/t22-,23+/m1/s1. The first kappa shape index (κ1) is 23.6. The van der Waals surface area contributed by atoms with Gasteiger partial charge in [0.2, 0.25) is 5.91 Å². The molecule has 2 atom stereocenters. The molecule has 2 aliphatic heterocycles. The van der Waals surface area contributed by atoms with Crippen molar-refractivity contribution in [2.45, 2.75) is 24.1 Å². The molecule has 1 N–H and O–H groups in total. The SMILES string of the molecule is O=C(C[C@@H]1SC(N2N=C(c3ccc(Cl)cc3)C[C@@H]2c2ccccc2)=NC1=O)Nc1cccc(Cl)c1. The summed E-state index contributed by atoms with van der Waals surface area (Å²) in [5.41, 5.74) is 3.50. The number of carbonyl (C=O) groups is 2. The molecule has 0 unspecified atom stereocenters. The van der Waals surface area contributed by atoms with Crippen molar-refractivity contribution >= 4 is 63.3 Å². The van der Waals surface area contributed by atoms with Crippen LogP contribution in [0.1, 0.15) is 30.0 Å². The lowest BCUT2D eigenvalue weighted by Crippen LogP contribution is -2.25. The number of nitrogens with one attached hydrogen (secondary N) is 1. The maximum absolute atomic E-state index is 12.7. The molecule has 0 radical (unpaired) electrons. The van der Waals surface area contributed by atoms with E-state index in [2.05, 4.69) is 10.3 Å². The second-order valence-corrected chi connectivity index (χ2v) is 10.2. The number of amidine groups is 1. The van der Waals surface area contributed by atoms with Gasteiger partial charge in [-0.2, -0.15) is 10.1 Å². The second-order valence-electron chi connectivity index (χ2n) is 8.13. The summed E-state index contributed by atoms with van der Waals surface area (Å²) < 4.78 is 0. The van der Waals surface area contributed by atoms with Crippen LogP contribution in [0.2, 0.25) is 10.0 Å². The Balaban J connectivity index is 1.34. The molecule has 0 spiro atoms. The van der Waals surface area contributed by atoms with E-state index in [1.54, 1.807) is 29.3 Å². The third-order valence-corrected chi connectivity index (χ3v) is 7.31. The van der Waals surface area contributed by atoms with Crippen LogP contribution in [0.4, 0.5) is 5.69 Å². The molecular weight excluding hydrogens is 503 g/mol. The smallest absolute Gasteiger partial charge is 0.262 e. The highest BCUT2D eigenvalue weighted by molar-refractivity contribution is 8.15. The van der Waals surface area contributed by atoms with Crippen LogP contribution in [0.15, 0.2) is 89.0 Å². The highest BCUT2D eigenvalue weighted by Crippen LogP contribution is 2.38. The first-order valence-electron chi connectivity index (χ1n) is 11.0. The average Bonchev–Trinajstić information content (AvgIpc) is 3.44. The van der Waals surface area contributed by atoms with Crippen molar-refractivity contribution < 1.29 is 9.59 Å². The highest BCUT2D eigenvalue weighted by atomic mass is 35.5. The van der Waals surface area contributed by atoms with Crippen molar-refractivity contribution in [2.75, 3.05) is 5.32 Å². The predicted octanol–water partition coefficient (Wildman–Crippen LogP) is 6.17. The van der Waals surface area contributed by atoms with Gasteiger partial charge in [0.15, 0.2) is 5.17 Å². The monoisotopic (exact) mass is 522 g/mol. The number of halogens is 2. The fourth-order valence-electron chi connectivity index (χ4n) is 3.99. The molecule has 0 aromatic heterocycles. The van der Waals surface area contributed by atoms with Crippen LogP contribution in [0, 0.1) is 0 Å². The van der Waals surface area contributed by atoms with E-state index in [4.69, 9.17) is 28.3 Å². The quantitative estimate of drug-likeness (QED) is 0.434. The largest absolute Gasteiger partial charge is 0.326 e. The van der Waals surface area contributed by atoms with Crippen LogP contribution < -0.4 is 5.32 Å². The molecule has 35 heavy (non-hydrogen) atoms. The van der Waals surface area contributed by atoms with Gasteiger partial charge in [-0.05, 0) is 41.5 Å². The van der Waals surface area contributed by atoms with Gasteiger partial charge in [0.1, 0.15) is 5.25 Å². The Bertz CT molecular complexity index is 1330. The van der Waals surface area contributed by atoms with E-state index in [1.807, 2.05) is 54.6 Å². The van der Waals surface area contributed by atoms with E-state index in [-0.39, 0.29) is 24.3 Å². The number of hydrogen-bond donors (Lipinski definition) is 1. The Morgan fingerprint density at radius 3 is 2.51 bits per heavy atom. The molecule has 9 heteroatoms. The number of nitrogens with zero attached hydrogens (tertiary/aromatic N) is 3. The first-order chi connectivity index (χ1) is 17.0. The highest BCUT2D eigenvalue weighted by Gasteiger charge is 2.39. The zero-order valence-electron chi connectivity index (χ0n) is 18.4. The Morgan fingerprint density at radius 2 is 1.77 bits per heavy atom. The third-order valence-electron chi connectivity index (χ3n) is 5.68. The minimum atomic E-state index is -0.615. The number of aliphatic imine (C=N–C) groups is 1. The number of benzene rings is 3. The van der Waals surface area contributed by atoms with Crippen LogP contribution in [-0.4, -0.2) is 33.0 Å². The van der Waals surface area contributed by atoms with Crippen molar-refractivity contribution in [1.29, 1.82) is 0 Å². The second kappa shape index (κ2) is 10.2. The molecule has 2 amide bonds. The summed E-state index contributed by atoms with van der Waals surface area (Å²) in [4.78, 5) is 29.6. The summed E-state index contributed by atoms with van der Waals surface area (Å²) in [6.45, 7) is 0. The average molecular weight is 523 g/mol. The van der Waals surface area contributed by atoms with Crippen LogP contribution in [-0.2, 0) is 9.59 Å². The predicted molar refractivity (Wildman–Crippen MR) is 142 cm³/mol. The molecule has 0 saturated carbocycles. The lowest BCUT2D eigenvalue weighted by Gasteiger charge is -2.23. The lowest BCUT2D eigenvalue weighted by atomic mass is 9.99. The number of hydrazone groups is 1. The molecule has 176 valence electrons. The van der Waals surface area contributed by atoms with Gasteiger partial charge in [-0.25, -0.2) is 5.01 Å². The zero-order valence-corrected chi connectivity index (χ0v) is 20.7. The van der Waals surface area contributed by atoms with E-state index < -0.39 is 5.25 Å². The summed E-state index contributed by atoms with van der Waals surface area (Å²) in [6.07, 6.45) is 0.653. The number of carbonyl (C=O) groups excluding carboxylic acids is 2. The third kappa shape index (κ3) is 5.42. The van der Waals surface area contributed by atoms with E-state index >= 15 is 0 Å². The van der Waals surface area contributed by atoms with Crippen LogP contribution >= 0.6 is 35.0 Å². The van der Waals surface area contributed by atoms with Crippen molar-refractivity contribution in [3.05, 3.63) is 100 Å². The van der Waals surface area contributed by atoms with Crippen LogP contribution in [0.25, 0.3) is 0 Å². The molecule has 3 aromatic rings. The van der Waals surface area contributed by atoms with Gasteiger partial charge in [0.05, 0.1) is 11.8 Å². The number of hydrogen-bond acceptors (Lipinski definition) is 5. The Morgan fingerprint density at radius 1 is 1.00 bits per heavy atom. The normalized spacial score (nSPS) is 19.5. The van der Waals surface area contributed by atoms with Gasteiger partial charge in [0, 0.05) is 28.6 Å². The van der Waals surface area contributed by atoms with E-state index in [0.717, 1.165) is 16.8 Å². The molecule has 0 bridgehead atoms. The molecule has 5 rings (SSSR count). The lowest BCUT2D eigenvalue weighted by molar-refractivity contribution is -0.121. The molecular formula is C26H20Cl2N4O2S. The molecule has 3 aromatic carbocycles. The molecule has 0 saturated heterocycles. The van der Waals surface area contributed by atoms with E-state index in [9.17, 15) is 9.59 Å². The fourth-order valence-corrected chi connectivity index (χ4v) is 5.37. The van der Waals surface area contributed by atoms with Crippen molar-refractivity contribution in [2.24, 2.45) is 10.1 Å². The van der Waals surface area contributed by atoms with Gasteiger partial charge in [-0.1, -0.05) is 83.5 Å². The van der Waals surface area contributed by atoms with Crippen molar-refractivity contribution in [3.63, 3.8) is 0 Å². The van der Waals surface area contributed by atoms with E-state index in [0.29, 0.717) is 27.3 Å². The van der Waals surface area contributed by atoms with Gasteiger partial charge < -0.3 is 5.32 Å². The topological polar surface area (TPSA) is 74.1 Å². The fraction of sp³-hybridized carbons (Fsp3) is 0.154. The molecule has 0 fully saturated rings. The van der Waals surface area contributed by atoms with Crippen LogP contribution in [0.5, 0.6) is 0 Å². The Hall–Kier alpha value is -3.13. The minimum absolute atomic E-state index is 0.000608. The summed E-state index contributed by atoms with van der Waals surface area (Å²) in [5, 5.41) is 10.5. The number of anilines is 1. The summed E-state index contributed by atoms with van der Waals surface area (Å²) in [6, 6.07) is 24.3. The maximum Gasteiger partial charge on any atom is 0.262 e. The van der Waals surface area contributed by atoms with Gasteiger partial charge in [-0.3, -0.25) is 9.59 Å². The minimum Gasteiger partial charge on any atom is -0.326 e. The van der Waals surface area contributed by atoms with Gasteiger partial charge >= 0.3 is 0 Å². The Labute approximate surface area is 217 Å². The number of rotatable bonds is 5. The zero-order chi connectivity index (χ0) is 24.4. The first-order valence-corrected chi connectivity index (χ1v) is 12.6. The molecule has 2 heterocycles. The number of amides is 2. The molecule has 0 aliphatic carbocycles. The van der Waals surface area contributed by atoms with E-state index in [1.165, 1.54) is 11.8 Å². The summed E-state index contributed by atoms with van der Waals surface area (Å²) in [5.74, 6) is -0.617. The Kier molecular flexibility index (Phi) is 6.90. The summed E-state index contributed by atoms with van der Waals surface area (Å²) in [7, 11) is 0. The number of thioether (sulfide) groups is 1. The maximum atomic E-state index is 12.7. The van der Waals surface area contributed by atoms with Crippen molar-refractivity contribution in [3.8, 4) is 0 Å². The molecule has 6 nitrogen and oxygen atoms in total. The van der Waals surface area contributed by atoms with Gasteiger partial charge in [-0.15, -0.1) is 0 Å². The summed E-state index contributed by atoms with van der Waals surface area (Å²) >= 11 is 13.3. The van der Waals surface area contributed by atoms with Crippen molar-refractivity contribution in [1.82, 2.24) is 5.01 Å². The molecule has 2 aliphatic rings. The van der Waals surface area contributed by atoms with Crippen LogP contribution in [0.3, 0.4) is 0 Å². The van der Waals surface area contributed by atoms with Gasteiger partial charge in [0.25, 0.3) is 5.91 Å².